The molecule has 1 amide bonds. The van der Waals surface area contributed by atoms with Gasteiger partial charge in [-0.2, -0.15) is 0 Å². The van der Waals surface area contributed by atoms with E-state index < -0.39 is 29.9 Å². The van der Waals surface area contributed by atoms with Crippen molar-refractivity contribution in [3.8, 4) is 11.5 Å². The Labute approximate surface area is 234 Å². The molecule has 3 aliphatic rings. The third-order valence-electron chi connectivity index (χ3n) is 7.97. The molecule has 1 atom stereocenters. The molecule has 0 saturated heterocycles. The van der Waals surface area contributed by atoms with Crippen LogP contribution < -0.4 is 25.7 Å². The zero-order chi connectivity index (χ0) is 29.0. The monoisotopic (exact) mass is 565 g/mol. The van der Waals surface area contributed by atoms with Crippen LogP contribution in [-0.2, 0) is 6.50 Å². The summed E-state index contributed by atoms with van der Waals surface area (Å²) < 4.78 is 43.0. The Hall–Kier alpha value is -2.23. The largest absolute Gasteiger partial charge is 0.448 e. The normalized spacial score (nSPS) is 29.3. The van der Waals surface area contributed by atoms with E-state index in [9.17, 15) is 14.0 Å². The van der Waals surface area contributed by atoms with Crippen molar-refractivity contribution in [1.82, 2.24) is 15.6 Å². The molecular formula is C28H35ClFN3O4S. The maximum atomic E-state index is 13.4. The van der Waals surface area contributed by atoms with Gasteiger partial charge in [0.15, 0.2) is 11.5 Å². The number of H-pyrrole nitrogens is 1. The number of ether oxygens (including phenoxy) is 2. The molecule has 1 aromatic carbocycles. The van der Waals surface area contributed by atoms with Crippen molar-refractivity contribution >= 4 is 29.3 Å². The van der Waals surface area contributed by atoms with Crippen molar-refractivity contribution in [1.29, 1.82) is 0 Å². The number of pyridine rings is 1. The van der Waals surface area contributed by atoms with Crippen LogP contribution in [0.15, 0.2) is 21.8 Å². The second-order valence-corrected chi connectivity index (χ2v) is 11.9. The van der Waals surface area contributed by atoms with Crippen molar-refractivity contribution in [3.05, 3.63) is 49.9 Å². The Bertz CT molecular complexity index is 1380. The van der Waals surface area contributed by atoms with Crippen LogP contribution in [0.4, 0.5) is 4.39 Å². The molecule has 206 valence electrons. The lowest BCUT2D eigenvalue weighted by Gasteiger charge is -2.40. The Morgan fingerprint density at radius 1 is 1.21 bits per heavy atom. The summed E-state index contributed by atoms with van der Waals surface area (Å²) in [5, 5.41) is 6.13. The van der Waals surface area contributed by atoms with Gasteiger partial charge in [-0.3, -0.25) is 9.59 Å². The SMILES string of the molecule is [2H]C([2H])(NC(=O)c1cc(Cl)c2c(c1C)OC(C)(C1CCC(NC3CC(F)C3)CC1)O2)c1c(SC)cc(C)[nH]c1=O. The maximum Gasteiger partial charge on any atom is 0.254 e. The van der Waals surface area contributed by atoms with Crippen LogP contribution in [0.2, 0.25) is 5.02 Å². The average molecular weight is 566 g/mol. The predicted molar refractivity (Wildman–Crippen MR) is 147 cm³/mol. The lowest BCUT2D eigenvalue weighted by molar-refractivity contribution is -0.121. The summed E-state index contributed by atoms with van der Waals surface area (Å²) in [5.74, 6) is -0.871. The molecule has 1 aromatic heterocycles. The molecule has 5 rings (SSSR count). The van der Waals surface area contributed by atoms with Crippen LogP contribution in [-0.4, -0.2) is 41.2 Å². The first kappa shape index (κ1) is 24.8. The number of aromatic amines is 1. The summed E-state index contributed by atoms with van der Waals surface area (Å²) in [6, 6.07) is 3.74. The van der Waals surface area contributed by atoms with E-state index in [-0.39, 0.29) is 28.1 Å². The molecule has 2 heterocycles. The lowest BCUT2D eigenvalue weighted by Crippen LogP contribution is -2.51. The fourth-order valence-corrected chi connectivity index (χ4v) is 6.55. The zero-order valence-corrected chi connectivity index (χ0v) is 23.6. The molecule has 0 radical (unpaired) electrons. The first-order chi connectivity index (χ1) is 18.8. The average Bonchev–Trinajstić information content (AvgIpc) is 3.24. The van der Waals surface area contributed by atoms with Gasteiger partial charge < -0.3 is 25.1 Å². The van der Waals surface area contributed by atoms with Crippen molar-refractivity contribution in [2.75, 3.05) is 6.26 Å². The molecular weight excluding hydrogens is 529 g/mol. The minimum Gasteiger partial charge on any atom is -0.448 e. The zero-order valence-electron chi connectivity index (χ0n) is 24.0. The van der Waals surface area contributed by atoms with Gasteiger partial charge in [0.25, 0.3) is 17.3 Å². The molecule has 1 aliphatic heterocycles. The minimum absolute atomic E-state index is 0.0911. The van der Waals surface area contributed by atoms with Gasteiger partial charge in [0, 0.05) is 58.7 Å². The van der Waals surface area contributed by atoms with E-state index in [0.29, 0.717) is 46.5 Å². The lowest BCUT2D eigenvalue weighted by atomic mass is 9.80. The fourth-order valence-electron chi connectivity index (χ4n) is 5.67. The molecule has 38 heavy (non-hydrogen) atoms. The van der Waals surface area contributed by atoms with Crippen molar-refractivity contribution in [3.63, 3.8) is 0 Å². The number of carbonyl (C=O) groups is 1. The fraction of sp³-hybridized carbons (Fsp3) is 0.571. The third-order valence-corrected chi connectivity index (χ3v) is 9.01. The van der Waals surface area contributed by atoms with Gasteiger partial charge >= 0.3 is 0 Å². The maximum absolute atomic E-state index is 13.4. The van der Waals surface area contributed by atoms with Crippen LogP contribution in [0, 0.1) is 19.8 Å². The third kappa shape index (κ3) is 5.29. The van der Waals surface area contributed by atoms with E-state index in [1.54, 1.807) is 26.2 Å². The van der Waals surface area contributed by atoms with E-state index in [1.165, 1.54) is 17.8 Å². The highest BCUT2D eigenvalue weighted by Gasteiger charge is 2.47. The number of amides is 1. The van der Waals surface area contributed by atoms with Crippen LogP contribution in [0.3, 0.4) is 0 Å². The van der Waals surface area contributed by atoms with E-state index in [4.69, 9.17) is 23.8 Å². The number of rotatable bonds is 7. The number of carbonyl (C=O) groups excluding carboxylic acids is 1. The Kier molecular flexibility index (Phi) is 7.00. The van der Waals surface area contributed by atoms with Gasteiger partial charge in [0.2, 0.25) is 0 Å². The molecule has 2 aliphatic carbocycles. The van der Waals surface area contributed by atoms with Crippen LogP contribution in [0.1, 0.15) is 75.4 Å². The van der Waals surface area contributed by atoms with Gasteiger partial charge in [-0.25, -0.2) is 4.39 Å². The highest BCUT2D eigenvalue weighted by molar-refractivity contribution is 7.98. The standard InChI is InChI=1S/C28H35ClFN3O4S/c1-14-9-23(38-4)21(27(35)32-14)13-31-26(34)20-12-22(29)25-24(15(20)2)36-28(3,37-25)16-5-7-18(8-6-16)33-19-10-17(30)11-19/h9,12,16-19,33H,5-8,10-11,13H2,1-4H3,(H,31,34)(H,32,35)/i13D2. The molecule has 1 unspecified atom stereocenters. The summed E-state index contributed by atoms with van der Waals surface area (Å²) >= 11 is 7.80. The van der Waals surface area contributed by atoms with E-state index in [1.807, 2.05) is 6.92 Å². The Morgan fingerprint density at radius 3 is 2.55 bits per heavy atom. The second kappa shape index (κ2) is 10.7. The molecule has 2 aromatic rings. The van der Waals surface area contributed by atoms with E-state index in [0.717, 1.165) is 25.7 Å². The highest BCUT2D eigenvalue weighted by atomic mass is 35.5. The molecule has 2 saturated carbocycles. The van der Waals surface area contributed by atoms with Gasteiger partial charge in [-0.05, 0) is 70.8 Å². The number of fused-ring (bicyclic) bond motifs is 1. The first-order valence-electron chi connectivity index (χ1n) is 14.0. The Morgan fingerprint density at radius 2 is 1.89 bits per heavy atom. The van der Waals surface area contributed by atoms with Gasteiger partial charge in [0.1, 0.15) is 6.17 Å². The van der Waals surface area contributed by atoms with Gasteiger partial charge in [0.05, 0.1) is 7.76 Å². The second-order valence-electron chi connectivity index (χ2n) is 10.7. The van der Waals surface area contributed by atoms with Crippen molar-refractivity contribution < 1.29 is 21.4 Å². The molecule has 0 spiro atoms. The number of aromatic nitrogens is 1. The van der Waals surface area contributed by atoms with Crippen molar-refractivity contribution in [2.24, 2.45) is 5.92 Å². The van der Waals surface area contributed by atoms with Crippen LogP contribution in [0.5, 0.6) is 11.5 Å². The molecule has 2 fully saturated rings. The molecule has 0 bridgehead atoms. The predicted octanol–water partition coefficient (Wildman–Crippen LogP) is 5.43. The van der Waals surface area contributed by atoms with Crippen LogP contribution in [0.25, 0.3) is 0 Å². The molecule has 7 nitrogen and oxygen atoms in total. The van der Waals surface area contributed by atoms with E-state index in [2.05, 4.69) is 15.6 Å². The number of halogens is 2. The molecule has 3 N–H and O–H groups in total. The van der Waals surface area contributed by atoms with Gasteiger partial charge in [-0.15, -0.1) is 11.8 Å². The number of benzene rings is 1. The number of hydrogen-bond acceptors (Lipinski definition) is 6. The number of thioether (sulfide) groups is 1. The number of nitrogens with one attached hydrogen (secondary N) is 3. The molecule has 10 heteroatoms. The van der Waals surface area contributed by atoms with Crippen molar-refractivity contribution in [2.45, 2.75) is 94.7 Å². The van der Waals surface area contributed by atoms with Gasteiger partial charge in [-0.1, -0.05) is 11.6 Å². The summed E-state index contributed by atoms with van der Waals surface area (Å²) in [7, 11) is 0. The quantitative estimate of drug-likeness (QED) is 0.388. The smallest absolute Gasteiger partial charge is 0.254 e. The topological polar surface area (TPSA) is 92.4 Å². The van der Waals surface area contributed by atoms with E-state index >= 15 is 0 Å². The first-order valence-corrected chi connectivity index (χ1v) is 14.6. The number of hydrogen-bond donors (Lipinski definition) is 3. The highest BCUT2D eigenvalue weighted by Crippen LogP contribution is 2.51. The summed E-state index contributed by atoms with van der Waals surface area (Å²) in [5.41, 5.74) is 0.437. The Balaban J connectivity index is 1.31. The summed E-state index contributed by atoms with van der Waals surface area (Å²) in [4.78, 5) is 29.1. The van der Waals surface area contributed by atoms with Crippen LogP contribution >= 0.6 is 23.4 Å². The number of alkyl halides is 1. The summed E-state index contributed by atoms with van der Waals surface area (Å²) in [6.07, 6.45) is 5.84. The number of aryl methyl sites for hydroxylation is 1. The minimum atomic E-state index is -2.45. The summed E-state index contributed by atoms with van der Waals surface area (Å²) in [6.45, 7) is 2.85.